The van der Waals surface area contributed by atoms with Crippen LogP contribution in [0.2, 0.25) is 5.15 Å². The van der Waals surface area contributed by atoms with Gasteiger partial charge >= 0.3 is 0 Å². The number of hydrogen-bond acceptors (Lipinski definition) is 3. The van der Waals surface area contributed by atoms with Crippen LogP contribution in [0.15, 0.2) is 6.33 Å². The zero-order valence-corrected chi connectivity index (χ0v) is 10.1. The summed E-state index contributed by atoms with van der Waals surface area (Å²) < 4.78 is 26.7. The number of halogens is 3. The van der Waals surface area contributed by atoms with Gasteiger partial charge in [-0.25, -0.2) is 23.7 Å². The standard InChI is InChI=1S/C10H11ClF2N4/c1-5(2)3-17-4-14-9-6(17)7(11)15-10(16-9)8(12)13/h4-5,8H,3H2,1-2H3. The van der Waals surface area contributed by atoms with E-state index in [1.807, 2.05) is 13.8 Å². The predicted octanol–water partition coefficient (Wildman–Crippen LogP) is 3.07. The van der Waals surface area contributed by atoms with E-state index in [2.05, 4.69) is 15.0 Å². The van der Waals surface area contributed by atoms with Crippen molar-refractivity contribution in [2.45, 2.75) is 26.8 Å². The quantitative estimate of drug-likeness (QED) is 0.797. The molecule has 0 saturated heterocycles. The molecule has 2 aromatic rings. The molecule has 0 aliphatic heterocycles. The fourth-order valence-electron chi connectivity index (χ4n) is 1.58. The molecule has 4 nitrogen and oxygen atoms in total. The summed E-state index contributed by atoms with van der Waals surface area (Å²) in [5.74, 6) is -0.199. The van der Waals surface area contributed by atoms with Crippen LogP contribution in [0.5, 0.6) is 0 Å². The molecule has 0 aromatic carbocycles. The molecule has 0 aliphatic rings. The maximum absolute atomic E-state index is 12.5. The molecule has 0 amide bonds. The molecule has 0 fully saturated rings. The van der Waals surface area contributed by atoms with Crippen LogP contribution in [-0.2, 0) is 6.54 Å². The number of fused-ring (bicyclic) bond motifs is 1. The Labute approximate surface area is 102 Å². The summed E-state index contributed by atoms with van der Waals surface area (Å²) in [5, 5.41) is 0.0171. The van der Waals surface area contributed by atoms with Crippen LogP contribution in [0.25, 0.3) is 11.2 Å². The Hall–Kier alpha value is -1.30. The smallest absolute Gasteiger partial charge is 0.297 e. The van der Waals surface area contributed by atoms with Crippen LogP contribution in [0.1, 0.15) is 26.1 Å². The molecule has 0 saturated carbocycles. The second kappa shape index (κ2) is 4.52. The Morgan fingerprint density at radius 1 is 1.35 bits per heavy atom. The lowest BCUT2D eigenvalue weighted by atomic mass is 10.2. The molecule has 0 unspecified atom stereocenters. The summed E-state index contributed by atoms with van der Waals surface area (Å²) in [6.45, 7) is 4.76. The first-order valence-corrected chi connectivity index (χ1v) is 5.53. The molecule has 0 bridgehead atoms. The molecule has 0 N–H and O–H groups in total. The number of imidazole rings is 1. The summed E-state index contributed by atoms with van der Waals surface area (Å²) >= 11 is 5.89. The zero-order valence-electron chi connectivity index (χ0n) is 9.36. The van der Waals surface area contributed by atoms with E-state index in [1.165, 1.54) is 0 Å². The maximum atomic E-state index is 12.5. The normalized spacial score (nSPS) is 11.9. The van der Waals surface area contributed by atoms with Crippen molar-refractivity contribution in [3.05, 3.63) is 17.3 Å². The minimum atomic E-state index is -2.74. The SMILES string of the molecule is CC(C)Cn1cnc2nc(C(F)F)nc(Cl)c21. The van der Waals surface area contributed by atoms with Crippen LogP contribution in [-0.4, -0.2) is 19.5 Å². The molecular formula is C10H11ClF2N4. The minimum Gasteiger partial charge on any atom is -0.326 e. The Balaban J connectivity index is 2.55. The van der Waals surface area contributed by atoms with Gasteiger partial charge < -0.3 is 4.57 Å². The average molecular weight is 261 g/mol. The second-order valence-corrected chi connectivity index (χ2v) is 4.49. The van der Waals surface area contributed by atoms with Crippen molar-refractivity contribution in [2.24, 2.45) is 5.92 Å². The van der Waals surface area contributed by atoms with Gasteiger partial charge in [-0.05, 0) is 5.92 Å². The Morgan fingerprint density at radius 3 is 2.65 bits per heavy atom. The largest absolute Gasteiger partial charge is 0.326 e. The van der Waals surface area contributed by atoms with Crippen molar-refractivity contribution in [3.63, 3.8) is 0 Å². The van der Waals surface area contributed by atoms with Gasteiger partial charge in [0.1, 0.15) is 5.52 Å². The molecule has 17 heavy (non-hydrogen) atoms. The van der Waals surface area contributed by atoms with E-state index in [9.17, 15) is 8.78 Å². The second-order valence-electron chi connectivity index (χ2n) is 4.14. The van der Waals surface area contributed by atoms with E-state index in [0.717, 1.165) is 0 Å². The molecule has 7 heteroatoms. The summed E-state index contributed by atoms with van der Waals surface area (Å²) in [4.78, 5) is 11.2. The van der Waals surface area contributed by atoms with Crippen LogP contribution < -0.4 is 0 Å². The Morgan fingerprint density at radius 2 is 2.06 bits per heavy atom. The van der Waals surface area contributed by atoms with Gasteiger partial charge in [-0.1, -0.05) is 25.4 Å². The lowest BCUT2D eigenvalue weighted by molar-refractivity contribution is 0.140. The average Bonchev–Trinajstić information content (AvgIpc) is 2.60. The fourth-order valence-corrected chi connectivity index (χ4v) is 1.86. The van der Waals surface area contributed by atoms with E-state index in [1.54, 1.807) is 10.9 Å². The fraction of sp³-hybridized carbons (Fsp3) is 0.500. The van der Waals surface area contributed by atoms with Crippen molar-refractivity contribution >= 4 is 22.8 Å². The predicted molar refractivity (Wildman–Crippen MR) is 60.1 cm³/mol. The Kier molecular flexibility index (Phi) is 3.24. The number of hydrogen-bond donors (Lipinski definition) is 0. The molecule has 2 aromatic heterocycles. The van der Waals surface area contributed by atoms with E-state index in [0.29, 0.717) is 18.0 Å². The van der Waals surface area contributed by atoms with Crippen LogP contribution in [0.3, 0.4) is 0 Å². The highest BCUT2D eigenvalue weighted by Crippen LogP contribution is 2.24. The highest BCUT2D eigenvalue weighted by molar-refractivity contribution is 6.33. The van der Waals surface area contributed by atoms with Gasteiger partial charge in [0, 0.05) is 6.54 Å². The molecule has 0 atom stereocenters. The van der Waals surface area contributed by atoms with Crippen molar-refractivity contribution < 1.29 is 8.78 Å². The number of alkyl halides is 2. The van der Waals surface area contributed by atoms with Crippen molar-refractivity contribution in [2.75, 3.05) is 0 Å². The highest BCUT2D eigenvalue weighted by atomic mass is 35.5. The Bertz CT molecular complexity index is 538. The minimum absolute atomic E-state index is 0.0171. The van der Waals surface area contributed by atoms with Gasteiger partial charge in [-0.15, -0.1) is 0 Å². The summed E-state index contributed by atoms with van der Waals surface area (Å²) in [6.07, 6.45) is -1.20. The molecule has 0 radical (unpaired) electrons. The molecule has 2 rings (SSSR count). The van der Waals surface area contributed by atoms with Crippen molar-refractivity contribution in [1.29, 1.82) is 0 Å². The molecule has 0 aliphatic carbocycles. The third-order valence-corrected chi connectivity index (χ3v) is 2.47. The lowest BCUT2D eigenvalue weighted by Gasteiger charge is -2.07. The lowest BCUT2D eigenvalue weighted by Crippen LogP contribution is -2.04. The van der Waals surface area contributed by atoms with Crippen LogP contribution >= 0.6 is 11.6 Å². The summed E-state index contributed by atoms with van der Waals surface area (Å²) in [7, 11) is 0. The van der Waals surface area contributed by atoms with Gasteiger partial charge in [0.05, 0.1) is 6.33 Å². The number of rotatable bonds is 3. The van der Waals surface area contributed by atoms with E-state index >= 15 is 0 Å². The zero-order chi connectivity index (χ0) is 12.6. The summed E-state index contributed by atoms with van der Waals surface area (Å²) in [5.41, 5.74) is 0.714. The van der Waals surface area contributed by atoms with E-state index in [4.69, 9.17) is 11.6 Å². The molecule has 0 spiro atoms. The number of nitrogens with zero attached hydrogens (tertiary/aromatic N) is 4. The van der Waals surface area contributed by atoms with Crippen molar-refractivity contribution in [1.82, 2.24) is 19.5 Å². The van der Waals surface area contributed by atoms with Crippen molar-refractivity contribution in [3.8, 4) is 0 Å². The first-order valence-electron chi connectivity index (χ1n) is 5.15. The number of aromatic nitrogens is 4. The third-order valence-electron chi connectivity index (χ3n) is 2.20. The highest BCUT2D eigenvalue weighted by Gasteiger charge is 2.17. The first kappa shape index (κ1) is 12.2. The summed E-state index contributed by atoms with van der Waals surface area (Å²) in [6, 6.07) is 0. The van der Waals surface area contributed by atoms with Gasteiger partial charge in [0.25, 0.3) is 6.43 Å². The van der Waals surface area contributed by atoms with Gasteiger partial charge in [0.15, 0.2) is 16.6 Å². The van der Waals surface area contributed by atoms with Crippen LogP contribution in [0, 0.1) is 5.92 Å². The van der Waals surface area contributed by atoms with Gasteiger partial charge in [0.2, 0.25) is 0 Å². The maximum Gasteiger partial charge on any atom is 0.297 e. The van der Waals surface area contributed by atoms with Gasteiger partial charge in [-0.2, -0.15) is 0 Å². The third kappa shape index (κ3) is 2.36. The monoisotopic (exact) mass is 260 g/mol. The van der Waals surface area contributed by atoms with Gasteiger partial charge in [-0.3, -0.25) is 0 Å². The molecular weight excluding hydrogens is 250 g/mol. The topological polar surface area (TPSA) is 43.6 Å². The van der Waals surface area contributed by atoms with Crippen LogP contribution in [0.4, 0.5) is 8.78 Å². The van der Waals surface area contributed by atoms with E-state index in [-0.39, 0.29) is 10.8 Å². The molecule has 92 valence electrons. The molecule has 2 heterocycles. The first-order chi connectivity index (χ1) is 7.99. The van der Waals surface area contributed by atoms with E-state index < -0.39 is 12.2 Å².